The second-order valence-electron chi connectivity index (χ2n) is 2.98. The Kier molecular flexibility index (Phi) is 3.31. The molecule has 13 heavy (non-hydrogen) atoms. The molecule has 0 spiro atoms. The third kappa shape index (κ3) is 3.06. The van der Waals surface area contributed by atoms with E-state index in [1.807, 2.05) is 31.2 Å². The third-order valence-corrected chi connectivity index (χ3v) is 2.47. The highest BCUT2D eigenvalue weighted by Crippen LogP contribution is 2.10. The average molecular weight is 199 g/mol. The lowest BCUT2D eigenvalue weighted by molar-refractivity contribution is 0.608. The van der Waals surface area contributed by atoms with Crippen LogP contribution in [0.4, 0.5) is 5.69 Å². The Balaban J connectivity index is 2.74. The first-order valence-corrected chi connectivity index (χ1v) is 5.31. The van der Waals surface area contributed by atoms with E-state index in [1.165, 1.54) is 0 Å². The van der Waals surface area contributed by atoms with Crippen LogP contribution in [0.3, 0.4) is 0 Å². The molecule has 1 aromatic rings. The van der Waals surface area contributed by atoms with Crippen molar-refractivity contribution in [3.05, 3.63) is 29.8 Å². The van der Waals surface area contributed by atoms with Gasteiger partial charge in [-0.3, -0.25) is 0 Å². The quantitative estimate of drug-likeness (QED) is 0.723. The fourth-order valence-corrected chi connectivity index (χ4v) is 1.28. The van der Waals surface area contributed by atoms with Crippen molar-refractivity contribution in [2.75, 3.05) is 5.32 Å². The highest BCUT2D eigenvalue weighted by Gasteiger charge is 2.02. The van der Waals surface area contributed by atoms with E-state index in [0.717, 1.165) is 11.3 Å². The van der Waals surface area contributed by atoms with E-state index < -0.39 is 16.1 Å². The van der Waals surface area contributed by atoms with Gasteiger partial charge in [0.05, 0.1) is 0 Å². The van der Waals surface area contributed by atoms with Crippen molar-refractivity contribution in [1.82, 2.24) is 0 Å². The lowest BCUT2D eigenvalue weighted by Gasteiger charge is -2.08. The fourth-order valence-electron chi connectivity index (χ4n) is 1.03. The van der Waals surface area contributed by atoms with Gasteiger partial charge in [0.2, 0.25) is 0 Å². The first-order valence-electron chi connectivity index (χ1n) is 4.06. The second-order valence-corrected chi connectivity index (χ2v) is 4.32. The maximum absolute atomic E-state index is 10.6. The summed E-state index contributed by atoms with van der Waals surface area (Å²) in [6.45, 7) is 3.58. The standard InChI is InChI=1S/C9H13NO2S/c1-7-4-3-5-9(6-7)10-8(2)13(11)12/h3-6,8,10,13H,1-2H3. The molecular weight excluding hydrogens is 186 g/mol. The molecule has 0 fully saturated rings. The summed E-state index contributed by atoms with van der Waals surface area (Å²) in [4.78, 5) is 0. The molecule has 1 atom stereocenters. The molecule has 1 unspecified atom stereocenters. The number of benzene rings is 1. The van der Waals surface area contributed by atoms with Gasteiger partial charge in [0.25, 0.3) is 0 Å². The summed E-state index contributed by atoms with van der Waals surface area (Å²) in [5.41, 5.74) is 1.95. The minimum absolute atomic E-state index is 0.517. The molecule has 0 radical (unpaired) electrons. The van der Waals surface area contributed by atoms with Crippen LogP contribution in [0.5, 0.6) is 0 Å². The van der Waals surface area contributed by atoms with Gasteiger partial charge < -0.3 is 5.32 Å². The molecule has 0 aliphatic rings. The van der Waals surface area contributed by atoms with Crippen LogP contribution in [0.1, 0.15) is 12.5 Å². The number of hydrogen-bond acceptors (Lipinski definition) is 3. The van der Waals surface area contributed by atoms with E-state index in [-0.39, 0.29) is 0 Å². The van der Waals surface area contributed by atoms with Gasteiger partial charge in [-0.2, -0.15) is 0 Å². The zero-order chi connectivity index (χ0) is 9.84. The highest BCUT2D eigenvalue weighted by atomic mass is 32.2. The molecule has 0 saturated heterocycles. The molecule has 72 valence electrons. The molecule has 3 nitrogen and oxygen atoms in total. The Labute approximate surface area is 79.7 Å². The number of anilines is 1. The van der Waals surface area contributed by atoms with Crippen LogP contribution < -0.4 is 5.32 Å². The molecule has 0 aliphatic carbocycles. The van der Waals surface area contributed by atoms with Crippen LogP contribution in [0.25, 0.3) is 0 Å². The van der Waals surface area contributed by atoms with Crippen molar-refractivity contribution in [3.63, 3.8) is 0 Å². The Hall–Kier alpha value is -1.03. The lowest BCUT2D eigenvalue weighted by Crippen LogP contribution is -2.16. The van der Waals surface area contributed by atoms with Crippen LogP contribution >= 0.6 is 0 Å². The summed E-state index contributed by atoms with van der Waals surface area (Å²) in [6, 6.07) is 7.62. The van der Waals surface area contributed by atoms with E-state index in [2.05, 4.69) is 5.32 Å². The summed E-state index contributed by atoms with van der Waals surface area (Å²) in [5, 5.41) is 2.37. The van der Waals surface area contributed by atoms with Crippen LogP contribution in [-0.2, 0) is 10.7 Å². The van der Waals surface area contributed by atoms with Crippen LogP contribution in [0.15, 0.2) is 24.3 Å². The van der Waals surface area contributed by atoms with Gasteiger partial charge >= 0.3 is 0 Å². The zero-order valence-corrected chi connectivity index (χ0v) is 8.54. The maximum Gasteiger partial charge on any atom is 0.160 e. The molecular formula is C9H13NO2S. The van der Waals surface area contributed by atoms with Crippen LogP contribution in [0.2, 0.25) is 0 Å². The Morgan fingerprint density at radius 2 is 2.08 bits per heavy atom. The molecule has 4 heteroatoms. The van der Waals surface area contributed by atoms with Crippen molar-refractivity contribution >= 4 is 16.4 Å². The van der Waals surface area contributed by atoms with Crippen LogP contribution in [0, 0.1) is 6.92 Å². The molecule has 0 aromatic heterocycles. The van der Waals surface area contributed by atoms with E-state index >= 15 is 0 Å². The highest BCUT2D eigenvalue weighted by molar-refractivity contribution is 7.73. The summed E-state index contributed by atoms with van der Waals surface area (Å²) in [7, 11) is -2.41. The van der Waals surface area contributed by atoms with E-state index in [1.54, 1.807) is 6.92 Å². The van der Waals surface area contributed by atoms with Crippen molar-refractivity contribution in [2.45, 2.75) is 19.2 Å². The minimum Gasteiger partial charge on any atom is -0.370 e. The van der Waals surface area contributed by atoms with Gasteiger partial charge in [-0.1, -0.05) is 12.1 Å². The van der Waals surface area contributed by atoms with Crippen molar-refractivity contribution in [2.24, 2.45) is 0 Å². The zero-order valence-electron chi connectivity index (χ0n) is 7.65. The van der Waals surface area contributed by atoms with Crippen molar-refractivity contribution in [1.29, 1.82) is 0 Å². The van der Waals surface area contributed by atoms with E-state index in [4.69, 9.17) is 0 Å². The molecule has 0 amide bonds. The minimum atomic E-state index is -2.41. The lowest BCUT2D eigenvalue weighted by atomic mass is 10.2. The summed E-state index contributed by atoms with van der Waals surface area (Å²) < 4.78 is 21.1. The largest absolute Gasteiger partial charge is 0.370 e. The summed E-state index contributed by atoms with van der Waals surface area (Å²) in [6.07, 6.45) is 0. The van der Waals surface area contributed by atoms with Gasteiger partial charge in [0.1, 0.15) is 5.37 Å². The van der Waals surface area contributed by atoms with Gasteiger partial charge in [-0.05, 0) is 31.5 Å². The number of aryl methyl sites for hydroxylation is 1. The average Bonchev–Trinajstić information content (AvgIpc) is 2.04. The topological polar surface area (TPSA) is 46.2 Å². The molecule has 1 aromatic carbocycles. The number of thiol groups is 1. The second kappa shape index (κ2) is 4.28. The normalized spacial score (nSPS) is 12.8. The van der Waals surface area contributed by atoms with Gasteiger partial charge in [-0.25, -0.2) is 8.42 Å². The van der Waals surface area contributed by atoms with Gasteiger partial charge in [-0.15, -0.1) is 0 Å². The Morgan fingerprint density at radius 1 is 1.38 bits per heavy atom. The molecule has 1 N–H and O–H groups in total. The molecule has 0 heterocycles. The first-order chi connectivity index (χ1) is 6.09. The summed E-state index contributed by atoms with van der Waals surface area (Å²) >= 11 is 0. The van der Waals surface area contributed by atoms with E-state index in [0.29, 0.717) is 0 Å². The maximum atomic E-state index is 10.6. The number of rotatable bonds is 3. The van der Waals surface area contributed by atoms with Gasteiger partial charge in [0.15, 0.2) is 10.7 Å². The van der Waals surface area contributed by atoms with E-state index in [9.17, 15) is 8.42 Å². The summed E-state index contributed by atoms with van der Waals surface area (Å²) in [5.74, 6) is 0. The SMILES string of the molecule is Cc1cccc(NC(C)[SH](=O)=O)c1. The van der Waals surface area contributed by atoms with Gasteiger partial charge in [0, 0.05) is 5.69 Å². The monoisotopic (exact) mass is 199 g/mol. The Morgan fingerprint density at radius 3 is 2.62 bits per heavy atom. The molecule has 0 bridgehead atoms. The molecule has 0 aliphatic heterocycles. The first kappa shape index (κ1) is 10.1. The van der Waals surface area contributed by atoms with Crippen LogP contribution in [-0.4, -0.2) is 13.8 Å². The number of hydrogen-bond donors (Lipinski definition) is 2. The van der Waals surface area contributed by atoms with Crippen molar-refractivity contribution in [3.8, 4) is 0 Å². The predicted molar refractivity (Wildman–Crippen MR) is 54.6 cm³/mol. The van der Waals surface area contributed by atoms with Crippen molar-refractivity contribution < 1.29 is 8.42 Å². The molecule has 0 saturated carbocycles. The Bertz CT molecular complexity index is 352. The third-order valence-electron chi connectivity index (χ3n) is 1.71. The molecule has 1 rings (SSSR count). The number of nitrogens with one attached hydrogen (secondary N) is 1. The predicted octanol–water partition coefficient (Wildman–Crippen LogP) is 1.36. The smallest absolute Gasteiger partial charge is 0.160 e. The fraction of sp³-hybridized carbons (Fsp3) is 0.333.